The van der Waals surface area contributed by atoms with Crippen molar-refractivity contribution < 1.29 is 18.8 Å². The van der Waals surface area contributed by atoms with Crippen LogP contribution in [0.4, 0.5) is 0 Å². The summed E-state index contributed by atoms with van der Waals surface area (Å²) in [5.74, 6) is 1.90. The fourth-order valence-corrected chi connectivity index (χ4v) is 2.38. The Morgan fingerprint density at radius 1 is 1.15 bits per heavy atom. The number of hydrogen-bond acceptors (Lipinski definition) is 6. The van der Waals surface area contributed by atoms with E-state index in [-0.39, 0.29) is 19.1 Å². The highest BCUT2D eigenvalue weighted by Crippen LogP contribution is 2.19. The number of carbonyl (C=O) groups excluding carboxylic acids is 1. The van der Waals surface area contributed by atoms with Gasteiger partial charge in [-0.2, -0.15) is 4.98 Å². The highest BCUT2D eigenvalue weighted by Gasteiger charge is 2.15. The predicted octanol–water partition coefficient (Wildman–Crippen LogP) is 3.09. The van der Waals surface area contributed by atoms with Crippen molar-refractivity contribution in [3.63, 3.8) is 0 Å². The van der Waals surface area contributed by atoms with E-state index in [4.69, 9.17) is 14.0 Å². The number of hydrogen-bond donors (Lipinski definition) is 0. The van der Waals surface area contributed by atoms with E-state index in [2.05, 4.69) is 10.1 Å². The minimum atomic E-state index is -0.201. The first-order valence-corrected chi connectivity index (χ1v) is 8.45. The summed E-state index contributed by atoms with van der Waals surface area (Å²) < 4.78 is 15.9. The first kappa shape index (κ1) is 18.4. The molecule has 3 rings (SSSR count). The predicted molar refractivity (Wildman–Crippen MR) is 99.4 cm³/mol. The Balaban J connectivity index is 1.55. The highest BCUT2D eigenvalue weighted by molar-refractivity contribution is 5.77. The van der Waals surface area contributed by atoms with E-state index < -0.39 is 0 Å². The second-order valence-electron chi connectivity index (χ2n) is 6.10. The van der Waals surface area contributed by atoms with Crippen LogP contribution < -0.4 is 9.47 Å². The zero-order valence-electron chi connectivity index (χ0n) is 15.5. The van der Waals surface area contributed by atoms with Crippen LogP contribution >= 0.6 is 0 Å². The Morgan fingerprint density at radius 2 is 1.89 bits per heavy atom. The monoisotopic (exact) mass is 367 g/mol. The van der Waals surface area contributed by atoms with Gasteiger partial charge in [-0.05, 0) is 19.1 Å². The van der Waals surface area contributed by atoms with Crippen LogP contribution in [-0.4, -0.2) is 41.7 Å². The molecule has 0 aliphatic rings. The molecule has 0 saturated heterocycles. The van der Waals surface area contributed by atoms with E-state index in [1.165, 1.54) is 4.90 Å². The molecule has 0 spiro atoms. The quantitative estimate of drug-likeness (QED) is 0.639. The Morgan fingerprint density at radius 3 is 2.63 bits per heavy atom. The molecule has 140 valence electrons. The third-order valence-corrected chi connectivity index (χ3v) is 3.98. The van der Waals surface area contributed by atoms with Crippen LogP contribution in [0.5, 0.6) is 11.5 Å². The summed E-state index contributed by atoms with van der Waals surface area (Å²) in [5, 5.41) is 3.97. The Hall–Kier alpha value is -3.35. The maximum absolute atomic E-state index is 12.3. The summed E-state index contributed by atoms with van der Waals surface area (Å²) in [4.78, 5) is 18.1. The maximum atomic E-state index is 12.3. The summed E-state index contributed by atoms with van der Waals surface area (Å²) >= 11 is 0. The van der Waals surface area contributed by atoms with E-state index >= 15 is 0 Å². The number of aryl methyl sites for hydroxylation is 1. The molecule has 27 heavy (non-hydrogen) atoms. The fourth-order valence-electron chi connectivity index (χ4n) is 2.38. The molecule has 0 unspecified atom stereocenters. The minimum Gasteiger partial charge on any atom is -0.497 e. The lowest BCUT2D eigenvalue weighted by molar-refractivity contribution is -0.132. The zero-order valence-corrected chi connectivity index (χ0v) is 15.5. The molecule has 0 saturated carbocycles. The van der Waals surface area contributed by atoms with Crippen LogP contribution in [0.3, 0.4) is 0 Å². The van der Waals surface area contributed by atoms with Gasteiger partial charge >= 0.3 is 0 Å². The molecule has 1 amide bonds. The third kappa shape index (κ3) is 4.84. The van der Waals surface area contributed by atoms with Crippen molar-refractivity contribution >= 4 is 5.91 Å². The molecule has 0 aliphatic heterocycles. The van der Waals surface area contributed by atoms with Crippen molar-refractivity contribution in [1.82, 2.24) is 15.0 Å². The van der Waals surface area contributed by atoms with E-state index in [0.29, 0.717) is 23.2 Å². The number of likely N-dealkylation sites (N-methyl/N-ethyl adjacent to an activating group) is 1. The topological polar surface area (TPSA) is 77.7 Å². The van der Waals surface area contributed by atoms with E-state index in [1.807, 2.05) is 37.3 Å². The molecular weight excluding hydrogens is 346 g/mol. The molecule has 3 aromatic rings. The molecular formula is C20H21N3O4. The number of benzene rings is 2. The molecule has 7 heteroatoms. The number of aromatic nitrogens is 2. The van der Waals surface area contributed by atoms with Gasteiger partial charge in [0.2, 0.25) is 11.7 Å². The van der Waals surface area contributed by atoms with Gasteiger partial charge < -0.3 is 18.9 Å². The molecule has 1 aromatic heterocycles. The van der Waals surface area contributed by atoms with Gasteiger partial charge in [0.1, 0.15) is 11.5 Å². The fraction of sp³-hybridized carbons (Fsp3) is 0.250. The summed E-state index contributed by atoms with van der Waals surface area (Å²) in [6.07, 6.45) is 0. The van der Waals surface area contributed by atoms with Crippen LogP contribution in [-0.2, 0) is 11.3 Å². The molecule has 0 fully saturated rings. The van der Waals surface area contributed by atoms with Gasteiger partial charge in [-0.1, -0.05) is 41.1 Å². The van der Waals surface area contributed by atoms with Crippen LogP contribution in [0, 0.1) is 6.92 Å². The van der Waals surface area contributed by atoms with Crippen molar-refractivity contribution in [3.8, 4) is 22.9 Å². The lowest BCUT2D eigenvalue weighted by Gasteiger charge is -2.15. The standard InChI is InChI=1S/C20H21N3O4/c1-14-7-9-15(10-8-14)20-21-18(27-22-20)12-23(2)19(24)13-26-17-6-4-5-16(11-17)25-3/h4-11H,12-13H2,1-3H3. The third-order valence-electron chi connectivity index (χ3n) is 3.98. The summed E-state index contributed by atoms with van der Waals surface area (Å²) in [6.45, 7) is 2.13. The Labute approximate surface area is 157 Å². The zero-order chi connectivity index (χ0) is 19.2. The second kappa shape index (κ2) is 8.35. The van der Waals surface area contributed by atoms with E-state index in [0.717, 1.165) is 11.1 Å². The van der Waals surface area contributed by atoms with Gasteiger partial charge in [0, 0.05) is 18.7 Å². The molecule has 0 bridgehead atoms. The van der Waals surface area contributed by atoms with E-state index in [1.54, 1.807) is 32.4 Å². The lowest BCUT2D eigenvalue weighted by Crippen LogP contribution is -2.31. The van der Waals surface area contributed by atoms with Crippen LogP contribution in [0.15, 0.2) is 53.1 Å². The summed E-state index contributed by atoms with van der Waals surface area (Å²) in [7, 11) is 3.24. The molecule has 2 aromatic carbocycles. The SMILES string of the molecule is COc1cccc(OCC(=O)N(C)Cc2nc(-c3ccc(C)cc3)no2)c1. The van der Waals surface area contributed by atoms with Gasteiger partial charge in [0.25, 0.3) is 5.91 Å². The van der Waals surface area contributed by atoms with Crippen LogP contribution in [0.25, 0.3) is 11.4 Å². The molecule has 0 aliphatic carbocycles. The number of amides is 1. The van der Waals surface area contributed by atoms with Crippen molar-refractivity contribution in [1.29, 1.82) is 0 Å². The number of nitrogens with zero attached hydrogens (tertiary/aromatic N) is 3. The largest absolute Gasteiger partial charge is 0.497 e. The first-order valence-electron chi connectivity index (χ1n) is 8.45. The first-order chi connectivity index (χ1) is 13.0. The van der Waals surface area contributed by atoms with Gasteiger partial charge in [0.15, 0.2) is 6.61 Å². The maximum Gasteiger partial charge on any atom is 0.260 e. The number of carbonyl (C=O) groups is 1. The molecule has 0 radical (unpaired) electrons. The molecule has 0 N–H and O–H groups in total. The van der Waals surface area contributed by atoms with Crippen LogP contribution in [0.2, 0.25) is 0 Å². The average Bonchev–Trinajstić information content (AvgIpc) is 3.15. The summed E-state index contributed by atoms with van der Waals surface area (Å²) in [6, 6.07) is 14.9. The van der Waals surface area contributed by atoms with Crippen molar-refractivity contribution in [2.45, 2.75) is 13.5 Å². The Kier molecular flexibility index (Phi) is 5.71. The Bertz CT molecular complexity index is 906. The molecule has 7 nitrogen and oxygen atoms in total. The van der Waals surface area contributed by atoms with Crippen molar-refractivity contribution in [2.24, 2.45) is 0 Å². The van der Waals surface area contributed by atoms with Crippen LogP contribution in [0.1, 0.15) is 11.5 Å². The van der Waals surface area contributed by atoms with E-state index in [9.17, 15) is 4.79 Å². The average molecular weight is 367 g/mol. The smallest absolute Gasteiger partial charge is 0.260 e. The number of methoxy groups -OCH3 is 1. The lowest BCUT2D eigenvalue weighted by atomic mass is 10.1. The van der Waals surface area contributed by atoms with Gasteiger partial charge in [-0.25, -0.2) is 0 Å². The van der Waals surface area contributed by atoms with Gasteiger partial charge in [0.05, 0.1) is 13.7 Å². The normalized spacial score (nSPS) is 10.5. The molecule has 0 atom stereocenters. The molecule has 1 heterocycles. The van der Waals surface area contributed by atoms with Gasteiger partial charge in [-0.3, -0.25) is 4.79 Å². The minimum absolute atomic E-state index is 0.0946. The number of rotatable bonds is 7. The van der Waals surface area contributed by atoms with Gasteiger partial charge in [-0.15, -0.1) is 0 Å². The number of ether oxygens (including phenoxy) is 2. The van der Waals surface area contributed by atoms with Crippen molar-refractivity contribution in [2.75, 3.05) is 20.8 Å². The summed E-state index contributed by atoms with van der Waals surface area (Å²) in [5.41, 5.74) is 2.02. The second-order valence-corrected chi connectivity index (χ2v) is 6.10. The van der Waals surface area contributed by atoms with Crippen molar-refractivity contribution in [3.05, 3.63) is 60.0 Å². The highest BCUT2D eigenvalue weighted by atomic mass is 16.5.